The Morgan fingerprint density at radius 2 is 1.53 bits per heavy atom. The molecule has 8 heteroatoms. The van der Waals surface area contributed by atoms with Gasteiger partial charge in [-0.25, -0.2) is 0 Å². The third-order valence-corrected chi connectivity index (χ3v) is 8.59. The van der Waals surface area contributed by atoms with E-state index in [2.05, 4.69) is 27.3 Å². The lowest BCUT2D eigenvalue weighted by Crippen LogP contribution is -2.48. The molecule has 43 heavy (non-hydrogen) atoms. The molecule has 4 aromatic carbocycles. The highest BCUT2D eigenvalue weighted by Crippen LogP contribution is 2.51. The minimum Gasteiger partial charge on any atom is -0.469 e. The molecule has 1 heterocycles. The Morgan fingerprint density at radius 1 is 0.884 bits per heavy atom. The van der Waals surface area contributed by atoms with Crippen molar-refractivity contribution in [3.63, 3.8) is 0 Å². The summed E-state index contributed by atoms with van der Waals surface area (Å²) >= 11 is 3.51. The summed E-state index contributed by atoms with van der Waals surface area (Å²) in [5.74, 6) is -2.98. The molecule has 0 bridgehead atoms. The van der Waals surface area contributed by atoms with Gasteiger partial charge in [0, 0.05) is 16.9 Å². The predicted octanol–water partition coefficient (Wildman–Crippen LogP) is 6.08. The minimum absolute atomic E-state index is 0.249. The number of amides is 2. The molecular formula is C35H30BrN3O4. The Kier molecular flexibility index (Phi) is 9.03. The molecule has 0 radical (unpaired) electrons. The van der Waals surface area contributed by atoms with Gasteiger partial charge in [-0.1, -0.05) is 84.4 Å². The Balaban J connectivity index is 1.69. The first-order chi connectivity index (χ1) is 20.8. The quantitative estimate of drug-likeness (QED) is 0.248. The summed E-state index contributed by atoms with van der Waals surface area (Å²) in [4.78, 5) is 44.1. The number of carbonyl (C=O) groups is 3. The molecule has 1 fully saturated rings. The van der Waals surface area contributed by atoms with Gasteiger partial charge in [0.1, 0.15) is 6.04 Å². The van der Waals surface area contributed by atoms with E-state index in [1.165, 1.54) is 12.0 Å². The summed E-state index contributed by atoms with van der Waals surface area (Å²) in [5.41, 5.74) is 4.15. The van der Waals surface area contributed by atoms with Crippen molar-refractivity contribution in [2.24, 2.45) is 5.92 Å². The zero-order valence-electron chi connectivity index (χ0n) is 23.7. The molecule has 1 aliphatic rings. The summed E-state index contributed by atoms with van der Waals surface area (Å²) < 4.78 is 5.90. The molecular weight excluding hydrogens is 606 g/mol. The van der Waals surface area contributed by atoms with E-state index in [1.807, 2.05) is 61.5 Å². The maximum Gasteiger partial charge on any atom is 0.311 e. The van der Waals surface area contributed by atoms with Crippen molar-refractivity contribution in [2.75, 3.05) is 7.11 Å². The number of nitrogens with zero attached hydrogens (tertiary/aromatic N) is 2. The molecule has 0 aliphatic carbocycles. The summed E-state index contributed by atoms with van der Waals surface area (Å²) in [6.07, 6.45) is 0. The number of methoxy groups -OCH3 is 1. The first-order valence-corrected chi connectivity index (χ1v) is 14.7. The highest BCUT2D eigenvalue weighted by atomic mass is 79.9. The van der Waals surface area contributed by atoms with Crippen LogP contribution < -0.4 is 5.32 Å². The van der Waals surface area contributed by atoms with Crippen LogP contribution in [0.25, 0.3) is 0 Å². The average Bonchev–Trinajstić information content (AvgIpc) is 3.40. The fourth-order valence-corrected chi connectivity index (χ4v) is 6.28. The summed E-state index contributed by atoms with van der Waals surface area (Å²) in [7, 11) is 1.31. The van der Waals surface area contributed by atoms with Crippen molar-refractivity contribution in [3.05, 3.63) is 141 Å². The number of halogens is 1. The van der Waals surface area contributed by atoms with Gasteiger partial charge in [0.25, 0.3) is 5.91 Å². The molecule has 1 N–H and O–H groups in total. The molecule has 0 aromatic heterocycles. The monoisotopic (exact) mass is 635 g/mol. The first-order valence-electron chi connectivity index (χ1n) is 13.9. The zero-order valence-corrected chi connectivity index (χ0v) is 25.3. The largest absolute Gasteiger partial charge is 0.469 e. The number of rotatable bonds is 7. The lowest BCUT2D eigenvalue weighted by molar-refractivity contribution is -0.146. The normalized spacial score (nSPS) is 19.3. The standard InChI is InChI=1S/C35H30BrN3O4/c1-22-12-14-24(15-13-22)21-38-33(40)32-29(25-8-4-3-5-9-25)30(35(42)43-2)31(26-18-16-23(20-37)17-19-26)39(32)34(41)27-10-6-7-11-28(27)36/h3-19,29-32H,21H2,1-2H3,(H,38,40). The van der Waals surface area contributed by atoms with Crippen molar-refractivity contribution in [1.82, 2.24) is 10.2 Å². The molecule has 0 spiro atoms. The number of likely N-dealkylation sites (tertiary alicyclic amines) is 1. The third kappa shape index (κ3) is 6.08. The highest BCUT2D eigenvalue weighted by Gasteiger charge is 2.58. The zero-order chi connectivity index (χ0) is 30.5. The molecule has 5 rings (SSSR count). The fraction of sp³-hybridized carbons (Fsp3) is 0.200. The van der Waals surface area contributed by atoms with Gasteiger partial charge in [-0.05, 0) is 63.8 Å². The highest BCUT2D eigenvalue weighted by molar-refractivity contribution is 9.10. The third-order valence-electron chi connectivity index (χ3n) is 7.90. The van der Waals surface area contributed by atoms with E-state index in [9.17, 15) is 19.6 Å². The predicted molar refractivity (Wildman–Crippen MR) is 166 cm³/mol. The number of hydrogen-bond acceptors (Lipinski definition) is 5. The van der Waals surface area contributed by atoms with E-state index in [4.69, 9.17) is 4.74 Å². The number of aryl methyl sites for hydroxylation is 1. The molecule has 4 atom stereocenters. The van der Waals surface area contributed by atoms with E-state index >= 15 is 0 Å². The van der Waals surface area contributed by atoms with Gasteiger partial charge in [0.15, 0.2) is 0 Å². The fourth-order valence-electron chi connectivity index (χ4n) is 5.83. The second-order valence-electron chi connectivity index (χ2n) is 10.5. The van der Waals surface area contributed by atoms with Gasteiger partial charge in [0.2, 0.25) is 5.91 Å². The number of nitrogens with one attached hydrogen (secondary N) is 1. The average molecular weight is 637 g/mol. The van der Waals surface area contributed by atoms with Crippen molar-refractivity contribution in [1.29, 1.82) is 5.26 Å². The van der Waals surface area contributed by atoms with Crippen molar-refractivity contribution < 1.29 is 19.1 Å². The lowest BCUT2D eigenvalue weighted by atomic mass is 9.79. The van der Waals surface area contributed by atoms with Gasteiger partial charge >= 0.3 is 5.97 Å². The number of esters is 1. The summed E-state index contributed by atoms with van der Waals surface area (Å²) in [6.45, 7) is 2.24. The van der Waals surface area contributed by atoms with Crippen LogP contribution >= 0.6 is 15.9 Å². The van der Waals surface area contributed by atoms with Crippen LogP contribution in [0.5, 0.6) is 0 Å². The number of ether oxygens (including phenoxy) is 1. The minimum atomic E-state index is -1.06. The van der Waals surface area contributed by atoms with Crippen LogP contribution in [-0.4, -0.2) is 35.8 Å². The molecule has 4 aromatic rings. The van der Waals surface area contributed by atoms with Crippen molar-refractivity contribution in [2.45, 2.75) is 31.5 Å². The molecule has 1 saturated heterocycles. The topological polar surface area (TPSA) is 99.5 Å². The molecule has 216 valence electrons. The first kappa shape index (κ1) is 29.7. The van der Waals surface area contributed by atoms with Crippen LogP contribution in [0.3, 0.4) is 0 Å². The maximum atomic E-state index is 14.5. The van der Waals surface area contributed by atoms with E-state index in [-0.39, 0.29) is 12.5 Å². The Bertz CT molecular complexity index is 1670. The van der Waals surface area contributed by atoms with Crippen molar-refractivity contribution in [3.8, 4) is 6.07 Å². The number of nitriles is 1. The smallest absolute Gasteiger partial charge is 0.311 e. The molecule has 4 unspecified atom stereocenters. The lowest BCUT2D eigenvalue weighted by Gasteiger charge is -2.32. The van der Waals surface area contributed by atoms with Gasteiger partial charge in [-0.2, -0.15) is 5.26 Å². The van der Waals surface area contributed by atoms with Gasteiger partial charge in [0.05, 0.1) is 36.3 Å². The number of hydrogen-bond donors (Lipinski definition) is 1. The molecule has 7 nitrogen and oxygen atoms in total. The van der Waals surface area contributed by atoms with E-state index in [0.29, 0.717) is 21.2 Å². The van der Waals surface area contributed by atoms with Gasteiger partial charge in [-0.15, -0.1) is 0 Å². The Labute approximate surface area is 259 Å². The van der Waals surface area contributed by atoms with Crippen LogP contribution in [0, 0.1) is 24.2 Å². The number of carbonyl (C=O) groups excluding carboxylic acids is 3. The van der Waals surface area contributed by atoms with Crippen LogP contribution in [0.4, 0.5) is 0 Å². The SMILES string of the molecule is COC(=O)C1C(c2ccccc2)C(C(=O)NCc2ccc(C)cc2)N(C(=O)c2ccccc2Br)C1c1ccc(C#N)cc1. The Morgan fingerprint density at radius 3 is 2.16 bits per heavy atom. The van der Waals surface area contributed by atoms with E-state index < -0.39 is 35.8 Å². The second kappa shape index (κ2) is 13.1. The van der Waals surface area contributed by atoms with Crippen LogP contribution in [0.1, 0.15) is 50.1 Å². The van der Waals surface area contributed by atoms with Gasteiger partial charge in [-0.3, -0.25) is 14.4 Å². The van der Waals surface area contributed by atoms with Crippen molar-refractivity contribution >= 4 is 33.7 Å². The summed E-state index contributed by atoms with van der Waals surface area (Å²) in [6, 6.07) is 31.1. The molecule has 2 amide bonds. The summed E-state index contributed by atoms with van der Waals surface area (Å²) in [5, 5.41) is 12.5. The second-order valence-corrected chi connectivity index (χ2v) is 11.4. The van der Waals surface area contributed by atoms with E-state index in [0.717, 1.165) is 16.7 Å². The molecule has 1 aliphatic heterocycles. The maximum absolute atomic E-state index is 14.5. The molecule has 0 saturated carbocycles. The van der Waals surface area contributed by atoms with E-state index in [1.54, 1.807) is 48.5 Å². The Hall–Kier alpha value is -4.74. The van der Waals surface area contributed by atoms with Crippen LogP contribution in [-0.2, 0) is 20.9 Å². The van der Waals surface area contributed by atoms with Crippen LogP contribution in [0.2, 0.25) is 0 Å². The number of benzene rings is 4. The van der Waals surface area contributed by atoms with Gasteiger partial charge < -0.3 is 15.0 Å². The van der Waals surface area contributed by atoms with Crippen LogP contribution in [0.15, 0.2) is 108 Å².